The van der Waals surface area contributed by atoms with Crippen LogP contribution in [0.3, 0.4) is 0 Å². The minimum Gasteiger partial charge on any atom is -0.381 e. The lowest BCUT2D eigenvalue weighted by Crippen LogP contribution is -2.37. The van der Waals surface area contributed by atoms with Crippen molar-refractivity contribution in [2.45, 2.75) is 66.8 Å². The van der Waals surface area contributed by atoms with Gasteiger partial charge in [-0.2, -0.15) is 0 Å². The summed E-state index contributed by atoms with van der Waals surface area (Å²) in [6, 6.07) is 10.7. The normalized spacial score (nSPS) is 19.2. The van der Waals surface area contributed by atoms with Gasteiger partial charge in [-0.1, -0.05) is 51.1 Å². The van der Waals surface area contributed by atoms with E-state index >= 15 is 0 Å². The molecule has 144 valence electrons. The Morgan fingerprint density at radius 1 is 1.19 bits per heavy atom. The number of nitrogens with one attached hydrogen (secondary N) is 1. The fourth-order valence-corrected chi connectivity index (χ4v) is 3.84. The summed E-state index contributed by atoms with van der Waals surface area (Å²) >= 11 is 0. The Kier molecular flexibility index (Phi) is 6.91. The zero-order valence-corrected chi connectivity index (χ0v) is 17.4. The first-order chi connectivity index (χ1) is 12.3. The lowest BCUT2D eigenvalue weighted by Gasteiger charge is -2.37. The average Bonchev–Trinajstić information content (AvgIpc) is 2.62. The molecule has 3 nitrogen and oxygen atoms in total. The van der Waals surface area contributed by atoms with Crippen LogP contribution in [0.25, 0.3) is 0 Å². The second kappa shape index (κ2) is 8.75. The van der Waals surface area contributed by atoms with Crippen LogP contribution in [0.4, 0.5) is 0 Å². The van der Waals surface area contributed by atoms with Gasteiger partial charge in [0, 0.05) is 30.4 Å². The average molecular weight is 357 g/mol. The first-order valence-electron chi connectivity index (χ1n) is 10.1. The summed E-state index contributed by atoms with van der Waals surface area (Å²) < 4.78 is 0. The Balaban J connectivity index is 2.31. The molecule has 2 rings (SSSR count). The van der Waals surface area contributed by atoms with E-state index in [1.54, 1.807) is 0 Å². The molecule has 1 aromatic carbocycles. The molecule has 0 saturated heterocycles. The van der Waals surface area contributed by atoms with Gasteiger partial charge in [0.1, 0.15) is 0 Å². The topological polar surface area (TPSA) is 32.3 Å². The Morgan fingerprint density at radius 2 is 1.81 bits per heavy atom. The van der Waals surface area contributed by atoms with E-state index in [1.165, 1.54) is 5.56 Å². The molecule has 1 N–H and O–H groups in total. The zero-order valence-electron chi connectivity index (χ0n) is 17.4. The quantitative estimate of drug-likeness (QED) is 0.749. The van der Waals surface area contributed by atoms with Crippen molar-refractivity contribution in [1.29, 1.82) is 0 Å². The van der Waals surface area contributed by atoms with Crippen molar-refractivity contribution in [2.75, 3.05) is 13.1 Å². The highest BCUT2D eigenvalue weighted by atomic mass is 16.2. The smallest absolute Gasteiger partial charge is 0.251 e. The van der Waals surface area contributed by atoms with E-state index in [1.807, 2.05) is 11.0 Å². The molecular formula is C23H36N2O. The molecule has 0 bridgehead atoms. The largest absolute Gasteiger partial charge is 0.381 e. The Hall–Kier alpha value is -1.77. The number of hydrogen-bond donors (Lipinski definition) is 1. The number of hydrogen-bond acceptors (Lipinski definition) is 2. The highest BCUT2D eigenvalue weighted by Crippen LogP contribution is 2.40. The molecule has 26 heavy (non-hydrogen) atoms. The zero-order chi connectivity index (χ0) is 19.3. The van der Waals surface area contributed by atoms with Crippen LogP contribution in [-0.2, 0) is 4.79 Å². The highest BCUT2D eigenvalue weighted by molar-refractivity contribution is 5.94. The summed E-state index contributed by atoms with van der Waals surface area (Å²) in [5.41, 5.74) is 3.64. The van der Waals surface area contributed by atoms with Gasteiger partial charge in [-0.25, -0.2) is 0 Å². The third-order valence-electron chi connectivity index (χ3n) is 5.78. The van der Waals surface area contributed by atoms with Crippen molar-refractivity contribution in [3.05, 3.63) is 47.2 Å². The minimum absolute atomic E-state index is 0.205. The predicted molar refractivity (Wildman–Crippen MR) is 110 cm³/mol. The molecule has 1 aliphatic carbocycles. The van der Waals surface area contributed by atoms with Crippen LogP contribution in [0.5, 0.6) is 0 Å². The first kappa shape index (κ1) is 20.5. The summed E-state index contributed by atoms with van der Waals surface area (Å²) in [7, 11) is 0. The maximum Gasteiger partial charge on any atom is 0.251 e. The second-order valence-electron chi connectivity index (χ2n) is 8.52. The van der Waals surface area contributed by atoms with E-state index in [0.717, 1.165) is 43.6 Å². The molecular weight excluding hydrogens is 320 g/mol. The maximum atomic E-state index is 13.2. The number of likely N-dealkylation sites (N-methyl/N-ethyl adjacent to an activating group) is 1. The fourth-order valence-electron chi connectivity index (χ4n) is 3.84. The number of rotatable bonds is 6. The van der Waals surface area contributed by atoms with E-state index in [-0.39, 0.29) is 17.4 Å². The molecule has 0 saturated carbocycles. The van der Waals surface area contributed by atoms with Gasteiger partial charge >= 0.3 is 0 Å². The Bertz CT molecular complexity index is 623. The van der Waals surface area contributed by atoms with Crippen LogP contribution in [0, 0.1) is 11.3 Å². The van der Waals surface area contributed by atoms with Crippen molar-refractivity contribution in [3.8, 4) is 0 Å². The van der Waals surface area contributed by atoms with Crippen LogP contribution < -0.4 is 5.32 Å². The van der Waals surface area contributed by atoms with E-state index in [0.29, 0.717) is 5.92 Å². The van der Waals surface area contributed by atoms with Crippen LogP contribution in [0.2, 0.25) is 0 Å². The number of carbonyl (C=O) groups excluding carboxylic acids is 1. The third-order valence-corrected chi connectivity index (χ3v) is 5.78. The van der Waals surface area contributed by atoms with Crippen LogP contribution in [0.1, 0.15) is 72.4 Å². The number of carbonyl (C=O) groups is 1. The van der Waals surface area contributed by atoms with Gasteiger partial charge in [-0.05, 0) is 56.9 Å². The number of amides is 1. The van der Waals surface area contributed by atoms with E-state index < -0.39 is 0 Å². The van der Waals surface area contributed by atoms with Gasteiger partial charge in [0.2, 0.25) is 0 Å². The van der Waals surface area contributed by atoms with E-state index in [9.17, 15) is 4.79 Å². The molecule has 1 amide bonds. The summed E-state index contributed by atoms with van der Waals surface area (Å²) in [4.78, 5) is 15.1. The van der Waals surface area contributed by atoms with E-state index in [2.05, 4.69) is 71.1 Å². The van der Waals surface area contributed by atoms with Crippen LogP contribution >= 0.6 is 0 Å². The van der Waals surface area contributed by atoms with Crippen LogP contribution in [0.15, 0.2) is 41.6 Å². The van der Waals surface area contributed by atoms with E-state index in [4.69, 9.17) is 0 Å². The van der Waals surface area contributed by atoms with Crippen molar-refractivity contribution in [2.24, 2.45) is 11.3 Å². The standard InChI is InChI=1S/C23H36N2O/c1-7-25(8-2)22(26)20-16-19(23(4,5)6)14-15-21(20)24-17(3)18-12-10-9-11-13-18/h9-13,17,19,24H,7-8,14-16H2,1-6H3. The number of benzene rings is 1. The molecule has 1 aliphatic rings. The SMILES string of the molecule is CCN(CC)C(=O)C1=C(NC(C)c2ccccc2)CCC(C(C)(C)C)C1. The third kappa shape index (κ3) is 4.90. The summed E-state index contributed by atoms with van der Waals surface area (Å²) in [5, 5.41) is 3.67. The molecule has 0 aromatic heterocycles. The first-order valence-corrected chi connectivity index (χ1v) is 10.1. The van der Waals surface area contributed by atoms with Gasteiger partial charge in [0.25, 0.3) is 5.91 Å². The second-order valence-corrected chi connectivity index (χ2v) is 8.52. The lowest BCUT2D eigenvalue weighted by molar-refractivity contribution is -0.127. The monoisotopic (exact) mass is 356 g/mol. The molecule has 0 aliphatic heterocycles. The van der Waals surface area contributed by atoms with Gasteiger partial charge < -0.3 is 10.2 Å². The summed E-state index contributed by atoms with van der Waals surface area (Å²) in [6.45, 7) is 14.7. The highest BCUT2D eigenvalue weighted by Gasteiger charge is 2.33. The van der Waals surface area contributed by atoms with Crippen molar-refractivity contribution < 1.29 is 4.79 Å². The summed E-state index contributed by atoms with van der Waals surface area (Å²) in [6.07, 6.45) is 2.98. The van der Waals surface area contributed by atoms with Crippen molar-refractivity contribution in [3.63, 3.8) is 0 Å². The molecule has 2 atom stereocenters. The molecule has 0 radical (unpaired) electrons. The number of allylic oxidation sites excluding steroid dienone is 1. The molecule has 0 spiro atoms. The molecule has 2 unspecified atom stereocenters. The van der Waals surface area contributed by atoms with Gasteiger partial charge in [0.05, 0.1) is 0 Å². The molecule has 0 fully saturated rings. The Morgan fingerprint density at radius 3 is 2.35 bits per heavy atom. The number of nitrogens with zero attached hydrogens (tertiary/aromatic N) is 1. The molecule has 0 heterocycles. The lowest BCUT2D eigenvalue weighted by atomic mass is 9.71. The predicted octanol–water partition coefficient (Wildman–Crippen LogP) is 5.31. The fraction of sp³-hybridized carbons (Fsp3) is 0.609. The van der Waals surface area contributed by atoms with Crippen LogP contribution in [-0.4, -0.2) is 23.9 Å². The Labute approximate surface area is 159 Å². The molecule has 1 aromatic rings. The molecule has 3 heteroatoms. The summed E-state index contributed by atoms with van der Waals surface area (Å²) in [5.74, 6) is 0.765. The van der Waals surface area contributed by atoms with Gasteiger partial charge in [-0.15, -0.1) is 0 Å². The van der Waals surface area contributed by atoms with Gasteiger partial charge in [-0.3, -0.25) is 4.79 Å². The van der Waals surface area contributed by atoms with Crippen molar-refractivity contribution >= 4 is 5.91 Å². The minimum atomic E-state index is 0.205. The van der Waals surface area contributed by atoms with Crippen molar-refractivity contribution in [1.82, 2.24) is 10.2 Å². The van der Waals surface area contributed by atoms with Gasteiger partial charge in [0.15, 0.2) is 0 Å². The maximum absolute atomic E-state index is 13.2.